The third-order valence-corrected chi connectivity index (χ3v) is 13.6. The van der Waals surface area contributed by atoms with Crippen LogP contribution in [0.3, 0.4) is 0 Å². The molecule has 2 aromatic heterocycles. The number of aromatic nitrogens is 1. The molecular weight excluding hydrogens is 837 g/mol. The molecule has 0 fully saturated rings. The van der Waals surface area contributed by atoms with Gasteiger partial charge in [-0.15, -0.1) is 0 Å². The Morgan fingerprint density at radius 1 is 0.275 bits per heavy atom. The lowest BCUT2D eigenvalue weighted by molar-refractivity contribution is 0.669. The van der Waals surface area contributed by atoms with Crippen LogP contribution >= 0.6 is 0 Å². The van der Waals surface area contributed by atoms with Gasteiger partial charge in [-0.1, -0.05) is 188 Å². The largest absolute Gasteiger partial charge is 0.456 e. The standard InChI is InChI=1S/C66H44N2O/c1-2-14-45(15-3-1)50-16-12-18-53(42-50)57-20-4-8-24-62(57)67(55-39-34-49(35-40-55)52-36-41-61-60-23-7-11-27-65(60)69-66(61)44-52)54-37-32-47(33-38-54)46-28-30-48(31-29-46)51-17-13-19-56(43-51)68-63-25-9-5-21-58(63)59-22-6-10-26-64(59)68/h1-44H. The van der Waals surface area contributed by atoms with Gasteiger partial charge < -0.3 is 13.9 Å². The normalized spacial score (nSPS) is 11.5. The van der Waals surface area contributed by atoms with Crippen molar-refractivity contribution < 1.29 is 4.42 Å². The maximum absolute atomic E-state index is 6.28. The number of hydrogen-bond acceptors (Lipinski definition) is 2. The zero-order valence-electron chi connectivity index (χ0n) is 37.7. The van der Waals surface area contributed by atoms with Gasteiger partial charge in [0, 0.05) is 44.2 Å². The molecular formula is C66H44N2O. The molecule has 3 heteroatoms. The van der Waals surface area contributed by atoms with E-state index in [2.05, 4.69) is 264 Å². The van der Waals surface area contributed by atoms with Crippen LogP contribution in [0, 0.1) is 0 Å². The van der Waals surface area contributed by atoms with Crippen LogP contribution in [-0.4, -0.2) is 4.57 Å². The summed E-state index contributed by atoms with van der Waals surface area (Å²) >= 11 is 0. The van der Waals surface area contributed by atoms with Gasteiger partial charge in [0.05, 0.1) is 16.7 Å². The lowest BCUT2D eigenvalue weighted by Gasteiger charge is -2.28. The molecule has 324 valence electrons. The fourth-order valence-corrected chi connectivity index (χ4v) is 10.2. The number of anilines is 3. The molecule has 2 heterocycles. The maximum Gasteiger partial charge on any atom is 0.136 e. The first-order chi connectivity index (χ1) is 34.2. The first-order valence-corrected chi connectivity index (χ1v) is 23.6. The molecule has 0 saturated carbocycles. The lowest BCUT2D eigenvalue weighted by Crippen LogP contribution is -2.11. The number of rotatable bonds is 9. The predicted molar refractivity (Wildman–Crippen MR) is 290 cm³/mol. The number of hydrogen-bond donors (Lipinski definition) is 0. The Labute approximate surface area is 401 Å². The Balaban J connectivity index is 0.848. The maximum atomic E-state index is 6.28. The van der Waals surface area contributed by atoms with Crippen LogP contribution in [0.1, 0.15) is 0 Å². The minimum atomic E-state index is 0.894. The zero-order chi connectivity index (χ0) is 45.7. The van der Waals surface area contributed by atoms with Crippen molar-refractivity contribution >= 4 is 60.8 Å². The molecule has 0 bridgehead atoms. The van der Waals surface area contributed by atoms with Gasteiger partial charge in [-0.3, -0.25) is 0 Å². The highest BCUT2D eigenvalue weighted by atomic mass is 16.3. The number of fused-ring (bicyclic) bond motifs is 6. The van der Waals surface area contributed by atoms with E-state index in [9.17, 15) is 0 Å². The van der Waals surface area contributed by atoms with E-state index in [1.165, 1.54) is 49.6 Å². The van der Waals surface area contributed by atoms with Crippen LogP contribution in [0.2, 0.25) is 0 Å². The number of furan rings is 1. The highest BCUT2D eigenvalue weighted by molar-refractivity contribution is 6.09. The number of benzene rings is 11. The SMILES string of the molecule is c1ccc(-c2cccc(-c3ccccc3N(c3ccc(-c4ccc(-c5cccc(-n6c7ccccc7c7ccccc76)c5)cc4)cc3)c3ccc(-c4ccc5c(c4)oc4ccccc45)cc3)c2)cc1. The third-order valence-electron chi connectivity index (χ3n) is 13.6. The van der Waals surface area contributed by atoms with Gasteiger partial charge in [0.25, 0.3) is 0 Å². The summed E-state index contributed by atoms with van der Waals surface area (Å²) in [6.45, 7) is 0. The molecule has 11 aromatic carbocycles. The minimum absolute atomic E-state index is 0.894. The molecule has 0 aliphatic heterocycles. The molecule has 0 radical (unpaired) electrons. The van der Waals surface area contributed by atoms with Crippen molar-refractivity contribution in [1.82, 2.24) is 4.57 Å². The van der Waals surface area contributed by atoms with Gasteiger partial charge in [-0.25, -0.2) is 0 Å². The molecule has 0 amide bonds. The molecule has 13 aromatic rings. The van der Waals surface area contributed by atoms with Gasteiger partial charge in [-0.2, -0.15) is 0 Å². The quantitative estimate of drug-likeness (QED) is 0.144. The average molecular weight is 881 g/mol. The Kier molecular flexibility index (Phi) is 9.84. The van der Waals surface area contributed by atoms with Gasteiger partial charge in [0.2, 0.25) is 0 Å². The summed E-state index contributed by atoms with van der Waals surface area (Å²) in [6, 6.07) is 96.1. The van der Waals surface area contributed by atoms with E-state index in [4.69, 9.17) is 4.42 Å². The van der Waals surface area contributed by atoms with Crippen LogP contribution in [-0.2, 0) is 0 Å². The molecule has 69 heavy (non-hydrogen) atoms. The van der Waals surface area contributed by atoms with E-state index in [1.807, 2.05) is 12.1 Å². The highest BCUT2D eigenvalue weighted by Gasteiger charge is 2.19. The summed E-state index contributed by atoms with van der Waals surface area (Å²) in [4.78, 5) is 2.38. The topological polar surface area (TPSA) is 21.3 Å². The van der Waals surface area contributed by atoms with Crippen molar-refractivity contribution in [2.45, 2.75) is 0 Å². The third kappa shape index (κ3) is 7.25. The second-order valence-electron chi connectivity index (χ2n) is 17.7. The number of para-hydroxylation sites is 4. The van der Waals surface area contributed by atoms with Crippen molar-refractivity contribution in [3.63, 3.8) is 0 Å². The second-order valence-corrected chi connectivity index (χ2v) is 17.7. The first kappa shape index (κ1) is 40.1. The summed E-state index contributed by atoms with van der Waals surface area (Å²) < 4.78 is 8.66. The van der Waals surface area contributed by atoms with E-state index >= 15 is 0 Å². The predicted octanol–water partition coefficient (Wildman–Crippen LogP) is 18.5. The minimum Gasteiger partial charge on any atom is -0.456 e. The summed E-state index contributed by atoms with van der Waals surface area (Å²) in [5, 5.41) is 4.80. The van der Waals surface area contributed by atoms with Crippen molar-refractivity contribution in [1.29, 1.82) is 0 Å². The summed E-state index contributed by atoms with van der Waals surface area (Å²) in [5.74, 6) is 0. The van der Waals surface area contributed by atoms with Crippen LogP contribution in [0.25, 0.3) is 105 Å². The molecule has 13 rings (SSSR count). The summed E-state index contributed by atoms with van der Waals surface area (Å²) in [5.41, 5.74) is 20.2. The lowest BCUT2D eigenvalue weighted by atomic mass is 9.96. The molecule has 3 nitrogen and oxygen atoms in total. The molecule has 0 unspecified atom stereocenters. The van der Waals surface area contributed by atoms with E-state index in [0.717, 1.165) is 72.5 Å². The number of nitrogens with zero attached hydrogens (tertiary/aromatic N) is 2. The second kappa shape index (κ2) is 16.9. The smallest absolute Gasteiger partial charge is 0.136 e. The molecule has 0 spiro atoms. The van der Waals surface area contributed by atoms with Crippen LogP contribution < -0.4 is 4.90 Å². The van der Waals surface area contributed by atoms with Crippen LogP contribution in [0.5, 0.6) is 0 Å². The molecule has 0 N–H and O–H groups in total. The van der Waals surface area contributed by atoms with E-state index in [-0.39, 0.29) is 0 Å². The van der Waals surface area contributed by atoms with E-state index in [1.54, 1.807) is 0 Å². The molecule has 0 saturated heterocycles. The van der Waals surface area contributed by atoms with Gasteiger partial charge in [0.1, 0.15) is 11.2 Å². The fourth-order valence-electron chi connectivity index (χ4n) is 10.2. The van der Waals surface area contributed by atoms with Crippen molar-refractivity contribution in [2.24, 2.45) is 0 Å². The van der Waals surface area contributed by atoms with Crippen molar-refractivity contribution in [3.8, 4) is 61.3 Å². The van der Waals surface area contributed by atoms with Crippen molar-refractivity contribution in [2.75, 3.05) is 4.90 Å². The van der Waals surface area contributed by atoms with E-state index in [0.29, 0.717) is 0 Å². The summed E-state index contributed by atoms with van der Waals surface area (Å²) in [6.07, 6.45) is 0. The highest BCUT2D eigenvalue weighted by Crippen LogP contribution is 2.43. The first-order valence-electron chi connectivity index (χ1n) is 23.6. The Morgan fingerprint density at radius 3 is 1.41 bits per heavy atom. The Morgan fingerprint density at radius 2 is 0.725 bits per heavy atom. The fraction of sp³-hybridized carbons (Fsp3) is 0. The summed E-state index contributed by atoms with van der Waals surface area (Å²) in [7, 11) is 0. The van der Waals surface area contributed by atoms with Gasteiger partial charge in [0.15, 0.2) is 0 Å². The molecule has 0 aliphatic carbocycles. The van der Waals surface area contributed by atoms with Crippen LogP contribution in [0.4, 0.5) is 17.1 Å². The monoisotopic (exact) mass is 880 g/mol. The van der Waals surface area contributed by atoms with Crippen molar-refractivity contribution in [3.05, 3.63) is 267 Å². The Hall–Kier alpha value is -9.18. The van der Waals surface area contributed by atoms with Gasteiger partial charge >= 0.3 is 0 Å². The van der Waals surface area contributed by atoms with Crippen LogP contribution in [0.15, 0.2) is 271 Å². The molecule has 0 aliphatic rings. The average Bonchev–Trinajstić information content (AvgIpc) is 3.97. The zero-order valence-corrected chi connectivity index (χ0v) is 37.7. The van der Waals surface area contributed by atoms with Gasteiger partial charge in [-0.05, 0) is 129 Å². The molecule has 0 atom stereocenters. The van der Waals surface area contributed by atoms with E-state index < -0.39 is 0 Å². The Bertz CT molecular complexity index is 3940.